The van der Waals surface area contributed by atoms with Crippen LogP contribution in [-0.4, -0.2) is 26.2 Å². The number of nitrogens with zero attached hydrogens (tertiary/aromatic N) is 1. The highest BCUT2D eigenvalue weighted by Crippen LogP contribution is 2.37. The first-order valence-corrected chi connectivity index (χ1v) is 7.84. The van der Waals surface area contributed by atoms with E-state index in [-0.39, 0.29) is 5.92 Å². The molecule has 3 aromatic rings. The number of aromatic nitrogens is 2. The molecule has 1 unspecified atom stereocenters. The predicted molar refractivity (Wildman–Crippen MR) is 92.1 cm³/mol. The zero-order chi connectivity index (χ0) is 17.5. The summed E-state index contributed by atoms with van der Waals surface area (Å²) in [6, 6.07) is 9.02. The lowest BCUT2D eigenvalue weighted by Gasteiger charge is -2.32. The van der Waals surface area contributed by atoms with Crippen molar-refractivity contribution >= 4 is 16.7 Å². The van der Waals surface area contributed by atoms with E-state index in [1.165, 1.54) is 0 Å². The van der Waals surface area contributed by atoms with Crippen LogP contribution < -0.4 is 0 Å². The third-order valence-corrected chi connectivity index (χ3v) is 4.70. The number of carbonyl (C=O) groups is 1. The Bertz CT molecular complexity index is 900. The minimum absolute atomic E-state index is 0.0743. The van der Waals surface area contributed by atoms with Gasteiger partial charge in [-0.05, 0) is 46.9 Å². The van der Waals surface area contributed by atoms with Crippen molar-refractivity contribution < 1.29 is 15.0 Å². The topological polar surface area (TPSA) is 86.2 Å². The van der Waals surface area contributed by atoms with Crippen molar-refractivity contribution in [2.24, 2.45) is 5.92 Å². The van der Waals surface area contributed by atoms with E-state index in [1.807, 2.05) is 32.0 Å². The van der Waals surface area contributed by atoms with E-state index < -0.39 is 11.6 Å². The summed E-state index contributed by atoms with van der Waals surface area (Å²) >= 11 is 0. The molecule has 2 aromatic carbocycles. The summed E-state index contributed by atoms with van der Waals surface area (Å²) in [7, 11) is 0. The smallest absolute Gasteiger partial charge is 0.335 e. The lowest BCUT2D eigenvalue weighted by Crippen LogP contribution is -2.33. The van der Waals surface area contributed by atoms with Gasteiger partial charge in [-0.2, -0.15) is 0 Å². The summed E-state index contributed by atoms with van der Waals surface area (Å²) in [6.45, 7) is 5.70. The van der Waals surface area contributed by atoms with Crippen LogP contribution in [0.25, 0.3) is 10.8 Å². The highest BCUT2D eigenvalue weighted by atomic mass is 16.4. The maximum absolute atomic E-state index is 11.3. The molecule has 0 aliphatic rings. The molecule has 3 rings (SSSR count). The number of hydrogen-bond acceptors (Lipinski definition) is 3. The summed E-state index contributed by atoms with van der Waals surface area (Å²) in [5.74, 6) is -1.01. The Hall–Kier alpha value is -2.66. The molecule has 0 bridgehead atoms. The van der Waals surface area contributed by atoms with E-state index in [1.54, 1.807) is 31.6 Å². The number of aliphatic hydroxyl groups is 1. The van der Waals surface area contributed by atoms with Gasteiger partial charge in [0.25, 0.3) is 0 Å². The molecule has 0 saturated heterocycles. The number of nitrogens with one attached hydrogen (secondary N) is 1. The van der Waals surface area contributed by atoms with E-state index in [0.717, 1.165) is 21.9 Å². The monoisotopic (exact) mass is 324 g/mol. The van der Waals surface area contributed by atoms with Crippen LogP contribution in [0, 0.1) is 12.8 Å². The van der Waals surface area contributed by atoms with Gasteiger partial charge in [0.2, 0.25) is 0 Å². The standard InChI is InChI=1S/C19H20N2O3/c1-11(2)19(24,17-9-20-10-21-17)14-5-7-15-12(3)16(18(22)23)6-4-13(15)8-14/h4-11,24H,1-3H3,(H,20,21)(H,22,23). The van der Waals surface area contributed by atoms with Crippen molar-refractivity contribution in [3.05, 3.63) is 65.2 Å². The molecule has 0 spiro atoms. The molecule has 1 atom stereocenters. The summed E-state index contributed by atoms with van der Waals surface area (Å²) < 4.78 is 0. The second-order valence-electron chi connectivity index (χ2n) is 6.37. The molecule has 5 heteroatoms. The van der Waals surface area contributed by atoms with Crippen molar-refractivity contribution in [3.63, 3.8) is 0 Å². The molecule has 5 nitrogen and oxygen atoms in total. The Morgan fingerprint density at radius 1 is 1.25 bits per heavy atom. The van der Waals surface area contributed by atoms with Gasteiger partial charge in [0.05, 0.1) is 23.8 Å². The molecular weight excluding hydrogens is 304 g/mol. The highest BCUT2D eigenvalue weighted by Gasteiger charge is 2.36. The van der Waals surface area contributed by atoms with Gasteiger partial charge < -0.3 is 15.2 Å². The fourth-order valence-electron chi connectivity index (χ4n) is 3.22. The van der Waals surface area contributed by atoms with E-state index in [4.69, 9.17) is 0 Å². The summed E-state index contributed by atoms with van der Waals surface area (Å²) in [4.78, 5) is 18.3. The second kappa shape index (κ2) is 5.76. The van der Waals surface area contributed by atoms with Gasteiger partial charge in [0.15, 0.2) is 0 Å². The quantitative estimate of drug-likeness (QED) is 0.686. The maximum atomic E-state index is 11.3. The molecule has 24 heavy (non-hydrogen) atoms. The number of hydrogen-bond donors (Lipinski definition) is 3. The lowest BCUT2D eigenvalue weighted by atomic mass is 9.80. The summed E-state index contributed by atoms with van der Waals surface area (Å²) in [5, 5.41) is 22.3. The Kier molecular flexibility index (Phi) is 3.89. The summed E-state index contributed by atoms with van der Waals surface area (Å²) in [5.41, 5.74) is 1.21. The van der Waals surface area contributed by atoms with Crippen LogP contribution in [0.5, 0.6) is 0 Å². The number of aryl methyl sites for hydroxylation is 1. The minimum atomic E-state index is -1.19. The van der Waals surface area contributed by atoms with Crippen LogP contribution in [0.15, 0.2) is 42.9 Å². The molecule has 124 valence electrons. The largest absolute Gasteiger partial charge is 0.478 e. The van der Waals surface area contributed by atoms with Gasteiger partial charge in [0.1, 0.15) is 5.60 Å². The van der Waals surface area contributed by atoms with Crippen molar-refractivity contribution in [2.45, 2.75) is 26.4 Å². The number of rotatable bonds is 4. The second-order valence-corrected chi connectivity index (χ2v) is 6.37. The third kappa shape index (κ3) is 2.37. The number of aromatic amines is 1. The van der Waals surface area contributed by atoms with Gasteiger partial charge in [-0.15, -0.1) is 0 Å². The Labute approximate surface area is 140 Å². The highest BCUT2D eigenvalue weighted by molar-refractivity contribution is 5.97. The van der Waals surface area contributed by atoms with Crippen molar-refractivity contribution in [1.82, 2.24) is 9.97 Å². The first-order valence-electron chi connectivity index (χ1n) is 7.84. The molecule has 3 N–H and O–H groups in total. The van der Waals surface area contributed by atoms with E-state index in [9.17, 15) is 15.0 Å². The molecule has 0 fully saturated rings. The minimum Gasteiger partial charge on any atom is -0.478 e. The molecule has 0 aliphatic heterocycles. The molecule has 0 aliphatic carbocycles. The van der Waals surface area contributed by atoms with Crippen molar-refractivity contribution in [1.29, 1.82) is 0 Å². The van der Waals surface area contributed by atoms with Crippen LogP contribution in [0.2, 0.25) is 0 Å². The normalized spacial score (nSPS) is 14.0. The number of fused-ring (bicyclic) bond motifs is 1. The molecule has 1 aromatic heterocycles. The fraction of sp³-hybridized carbons (Fsp3) is 0.263. The molecule has 0 saturated carbocycles. The molecule has 0 amide bonds. The Balaban J connectivity index is 2.20. The van der Waals surface area contributed by atoms with Gasteiger partial charge >= 0.3 is 5.97 Å². The van der Waals surface area contributed by atoms with Crippen LogP contribution in [-0.2, 0) is 5.60 Å². The number of carboxylic acids is 1. The zero-order valence-corrected chi connectivity index (χ0v) is 13.9. The maximum Gasteiger partial charge on any atom is 0.335 e. The van der Waals surface area contributed by atoms with Gasteiger partial charge in [-0.25, -0.2) is 9.78 Å². The van der Waals surface area contributed by atoms with Crippen LogP contribution in [0.3, 0.4) is 0 Å². The first kappa shape index (κ1) is 16.2. The molecule has 0 radical (unpaired) electrons. The Morgan fingerprint density at radius 3 is 2.58 bits per heavy atom. The SMILES string of the molecule is Cc1c(C(=O)O)ccc2cc(C(O)(c3cnc[nH]3)C(C)C)ccc12. The number of carboxylic acid groups (broad SMARTS) is 1. The fourth-order valence-corrected chi connectivity index (χ4v) is 3.22. The average molecular weight is 324 g/mol. The van der Waals surface area contributed by atoms with Crippen molar-refractivity contribution in [2.75, 3.05) is 0 Å². The number of aromatic carboxylic acids is 1. The summed E-state index contributed by atoms with van der Waals surface area (Å²) in [6.07, 6.45) is 3.18. The van der Waals surface area contributed by atoms with Crippen LogP contribution in [0.4, 0.5) is 0 Å². The van der Waals surface area contributed by atoms with Crippen molar-refractivity contribution in [3.8, 4) is 0 Å². The van der Waals surface area contributed by atoms with E-state index >= 15 is 0 Å². The van der Waals surface area contributed by atoms with Crippen LogP contribution >= 0.6 is 0 Å². The van der Waals surface area contributed by atoms with E-state index in [0.29, 0.717) is 11.3 Å². The van der Waals surface area contributed by atoms with Gasteiger partial charge in [-0.3, -0.25) is 0 Å². The Morgan fingerprint density at radius 2 is 2.00 bits per heavy atom. The van der Waals surface area contributed by atoms with E-state index in [2.05, 4.69) is 9.97 Å². The molecule has 1 heterocycles. The first-order chi connectivity index (χ1) is 11.4. The van der Waals surface area contributed by atoms with Gasteiger partial charge in [0, 0.05) is 0 Å². The average Bonchev–Trinajstić information content (AvgIpc) is 3.08. The predicted octanol–water partition coefficient (Wildman–Crippen LogP) is 3.46. The number of H-pyrrole nitrogens is 1. The number of benzene rings is 2. The zero-order valence-electron chi connectivity index (χ0n) is 13.9. The number of imidazole rings is 1. The lowest BCUT2D eigenvalue weighted by molar-refractivity contribution is 0.0280. The molecular formula is C19H20N2O3. The van der Waals surface area contributed by atoms with Crippen LogP contribution in [0.1, 0.15) is 41.0 Å². The van der Waals surface area contributed by atoms with Gasteiger partial charge in [-0.1, -0.05) is 32.0 Å². The third-order valence-electron chi connectivity index (χ3n) is 4.70.